The van der Waals surface area contributed by atoms with Crippen LogP contribution in [0.2, 0.25) is 5.02 Å². The van der Waals surface area contributed by atoms with Gasteiger partial charge in [0, 0.05) is 5.02 Å². The van der Waals surface area contributed by atoms with E-state index in [1.165, 1.54) is 0 Å². The first-order valence-electron chi connectivity index (χ1n) is 6.68. The van der Waals surface area contributed by atoms with E-state index in [1.807, 2.05) is 26.0 Å². The van der Waals surface area contributed by atoms with Crippen molar-refractivity contribution in [3.05, 3.63) is 46.2 Å². The molecule has 0 aliphatic rings. The van der Waals surface area contributed by atoms with Crippen LogP contribution < -0.4 is 0 Å². The average molecular weight is 293 g/mol. The fourth-order valence-electron chi connectivity index (χ4n) is 2.28. The summed E-state index contributed by atoms with van der Waals surface area (Å²) in [5.74, 6) is -0.912. The van der Waals surface area contributed by atoms with E-state index in [1.54, 1.807) is 16.8 Å². The first-order chi connectivity index (χ1) is 9.58. The zero-order valence-electron chi connectivity index (χ0n) is 11.6. The first-order valence-corrected chi connectivity index (χ1v) is 7.06. The Kier molecular flexibility index (Phi) is 4.45. The van der Waals surface area contributed by atoms with Crippen molar-refractivity contribution in [2.24, 2.45) is 0 Å². The minimum Gasteiger partial charge on any atom is -0.478 e. The summed E-state index contributed by atoms with van der Waals surface area (Å²) in [6.07, 6.45) is 2.14. The lowest BCUT2D eigenvalue weighted by Crippen LogP contribution is -2.06. The lowest BCUT2D eigenvalue weighted by atomic mass is 10.1. The number of carbonyl (C=O) groups is 1. The topological polar surface area (TPSA) is 55.1 Å². The molecular formula is C15H17ClN2O2. The SMILES string of the molecule is CCCc1nn(-c2ccc(Cl)cc2)c(CC)c1C(=O)O. The van der Waals surface area contributed by atoms with Crippen LogP contribution >= 0.6 is 11.6 Å². The van der Waals surface area contributed by atoms with Crippen molar-refractivity contribution in [1.82, 2.24) is 9.78 Å². The maximum absolute atomic E-state index is 11.5. The molecule has 0 bridgehead atoms. The van der Waals surface area contributed by atoms with Crippen LogP contribution in [0.25, 0.3) is 5.69 Å². The van der Waals surface area contributed by atoms with E-state index in [-0.39, 0.29) is 0 Å². The van der Waals surface area contributed by atoms with E-state index in [0.717, 1.165) is 17.8 Å². The Morgan fingerprint density at radius 3 is 2.45 bits per heavy atom. The summed E-state index contributed by atoms with van der Waals surface area (Å²) in [5, 5.41) is 14.6. The monoisotopic (exact) mass is 292 g/mol. The van der Waals surface area contributed by atoms with Crippen molar-refractivity contribution in [2.75, 3.05) is 0 Å². The lowest BCUT2D eigenvalue weighted by Gasteiger charge is -2.06. The zero-order chi connectivity index (χ0) is 14.7. The van der Waals surface area contributed by atoms with Gasteiger partial charge in [0.05, 0.1) is 17.1 Å². The standard InChI is InChI=1S/C15H17ClN2O2/c1-3-5-12-14(15(19)20)13(4-2)18(17-12)11-8-6-10(16)7-9-11/h6-9H,3-5H2,1-2H3,(H,19,20). The molecule has 0 saturated heterocycles. The van der Waals surface area contributed by atoms with Crippen molar-refractivity contribution < 1.29 is 9.90 Å². The van der Waals surface area contributed by atoms with Gasteiger partial charge in [-0.1, -0.05) is 31.9 Å². The van der Waals surface area contributed by atoms with Gasteiger partial charge in [0.1, 0.15) is 5.56 Å². The summed E-state index contributed by atoms with van der Waals surface area (Å²) in [4.78, 5) is 11.5. The molecule has 0 radical (unpaired) electrons. The first kappa shape index (κ1) is 14.6. The predicted molar refractivity (Wildman–Crippen MR) is 78.9 cm³/mol. The van der Waals surface area contributed by atoms with Gasteiger partial charge in [-0.15, -0.1) is 0 Å². The molecule has 0 atom stereocenters. The molecule has 0 spiro atoms. The summed E-state index contributed by atoms with van der Waals surface area (Å²) in [6.45, 7) is 3.95. The number of aromatic carboxylic acids is 1. The Balaban J connectivity index is 2.60. The number of hydrogen-bond acceptors (Lipinski definition) is 2. The number of nitrogens with zero attached hydrogens (tertiary/aromatic N) is 2. The molecular weight excluding hydrogens is 276 g/mol. The molecule has 1 N–H and O–H groups in total. The summed E-state index contributed by atoms with van der Waals surface area (Å²) >= 11 is 5.89. The third kappa shape index (κ3) is 2.70. The number of hydrogen-bond donors (Lipinski definition) is 1. The maximum Gasteiger partial charge on any atom is 0.339 e. The largest absolute Gasteiger partial charge is 0.478 e. The van der Waals surface area contributed by atoms with Crippen LogP contribution in [-0.4, -0.2) is 20.9 Å². The van der Waals surface area contributed by atoms with Crippen LogP contribution in [-0.2, 0) is 12.8 Å². The predicted octanol–water partition coefficient (Wildman–Crippen LogP) is 3.74. The summed E-state index contributed by atoms with van der Waals surface area (Å²) in [6, 6.07) is 7.24. The Morgan fingerprint density at radius 2 is 1.95 bits per heavy atom. The smallest absolute Gasteiger partial charge is 0.339 e. The number of halogens is 1. The van der Waals surface area contributed by atoms with Crippen molar-refractivity contribution in [2.45, 2.75) is 33.1 Å². The molecule has 2 aromatic rings. The van der Waals surface area contributed by atoms with Crippen molar-refractivity contribution in [1.29, 1.82) is 0 Å². The van der Waals surface area contributed by atoms with Crippen LogP contribution in [0.1, 0.15) is 42.0 Å². The molecule has 0 unspecified atom stereocenters. The van der Waals surface area contributed by atoms with Gasteiger partial charge in [0.15, 0.2) is 0 Å². The highest BCUT2D eigenvalue weighted by molar-refractivity contribution is 6.30. The van der Waals surface area contributed by atoms with Gasteiger partial charge in [0.2, 0.25) is 0 Å². The molecule has 4 nitrogen and oxygen atoms in total. The molecule has 106 valence electrons. The van der Waals surface area contributed by atoms with E-state index < -0.39 is 5.97 Å². The quantitative estimate of drug-likeness (QED) is 0.913. The van der Waals surface area contributed by atoms with E-state index in [4.69, 9.17) is 11.6 Å². The Hall–Kier alpha value is -1.81. The van der Waals surface area contributed by atoms with Gasteiger partial charge in [-0.05, 0) is 37.1 Å². The van der Waals surface area contributed by atoms with Gasteiger partial charge < -0.3 is 5.11 Å². The molecule has 2 rings (SSSR count). The van der Waals surface area contributed by atoms with Crippen LogP contribution in [0.15, 0.2) is 24.3 Å². The zero-order valence-corrected chi connectivity index (χ0v) is 12.3. The van der Waals surface area contributed by atoms with E-state index >= 15 is 0 Å². The fraction of sp³-hybridized carbons (Fsp3) is 0.333. The third-order valence-electron chi connectivity index (χ3n) is 3.16. The van der Waals surface area contributed by atoms with Crippen LogP contribution in [0.5, 0.6) is 0 Å². The van der Waals surface area contributed by atoms with Crippen molar-refractivity contribution in [3.63, 3.8) is 0 Å². The van der Waals surface area contributed by atoms with Gasteiger partial charge >= 0.3 is 5.97 Å². The van der Waals surface area contributed by atoms with Crippen LogP contribution in [0, 0.1) is 0 Å². The Labute approximate surface area is 123 Å². The Morgan fingerprint density at radius 1 is 1.30 bits per heavy atom. The number of carboxylic acids is 1. The number of aryl methyl sites for hydroxylation is 1. The maximum atomic E-state index is 11.5. The molecule has 1 heterocycles. The highest BCUT2D eigenvalue weighted by Crippen LogP contribution is 2.22. The molecule has 1 aromatic carbocycles. The number of rotatable bonds is 5. The van der Waals surface area contributed by atoms with Gasteiger partial charge in [0.25, 0.3) is 0 Å². The highest BCUT2D eigenvalue weighted by atomic mass is 35.5. The fourth-order valence-corrected chi connectivity index (χ4v) is 2.41. The second-order valence-corrected chi connectivity index (χ2v) is 5.00. The molecule has 5 heteroatoms. The van der Waals surface area contributed by atoms with E-state index in [9.17, 15) is 9.90 Å². The Bertz CT molecular complexity index is 618. The molecule has 20 heavy (non-hydrogen) atoms. The van der Waals surface area contributed by atoms with E-state index in [0.29, 0.717) is 29.1 Å². The minimum absolute atomic E-state index is 0.337. The molecule has 0 amide bonds. The molecule has 0 saturated carbocycles. The summed E-state index contributed by atoms with van der Waals surface area (Å²) in [5.41, 5.74) is 2.54. The number of benzene rings is 1. The second-order valence-electron chi connectivity index (χ2n) is 4.57. The minimum atomic E-state index is -0.912. The molecule has 0 aliphatic heterocycles. The summed E-state index contributed by atoms with van der Waals surface area (Å²) < 4.78 is 1.71. The van der Waals surface area contributed by atoms with Crippen LogP contribution in [0.3, 0.4) is 0 Å². The van der Waals surface area contributed by atoms with Crippen molar-refractivity contribution in [3.8, 4) is 5.69 Å². The second kappa shape index (κ2) is 6.09. The van der Waals surface area contributed by atoms with Gasteiger partial charge in [-0.2, -0.15) is 5.10 Å². The summed E-state index contributed by atoms with van der Waals surface area (Å²) in [7, 11) is 0. The molecule has 1 aromatic heterocycles. The third-order valence-corrected chi connectivity index (χ3v) is 3.41. The number of carboxylic acid groups (broad SMARTS) is 1. The average Bonchev–Trinajstić information content (AvgIpc) is 2.78. The molecule has 0 fully saturated rings. The highest BCUT2D eigenvalue weighted by Gasteiger charge is 2.22. The van der Waals surface area contributed by atoms with Crippen LogP contribution in [0.4, 0.5) is 0 Å². The van der Waals surface area contributed by atoms with Gasteiger partial charge in [-0.3, -0.25) is 0 Å². The number of aromatic nitrogens is 2. The van der Waals surface area contributed by atoms with Gasteiger partial charge in [-0.25, -0.2) is 9.48 Å². The normalized spacial score (nSPS) is 10.8. The lowest BCUT2D eigenvalue weighted by molar-refractivity contribution is 0.0694. The van der Waals surface area contributed by atoms with E-state index in [2.05, 4.69) is 5.10 Å². The van der Waals surface area contributed by atoms with Crippen molar-refractivity contribution >= 4 is 17.6 Å². The molecule has 0 aliphatic carbocycles.